The van der Waals surface area contributed by atoms with Crippen molar-refractivity contribution in [3.63, 3.8) is 0 Å². The number of hydrogen-bond donors (Lipinski definition) is 0. The average molecular weight is 362 g/mol. The van der Waals surface area contributed by atoms with Crippen molar-refractivity contribution in [1.82, 2.24) is 9.80 Å². The molecule has 1 aliphatic heterocycles. The molecule has 0 radical (unpaired) electrons. The molecule has 0 bridgehead atoms. The lowest BCUT2D eigenvalue weighted by Crippen LogP contribution is -2.42. The molecule has 6 heteroatoms. The number of benzene rings is 1. The fourth-order valence-corrected chi connectivity index (χ4v) is 3.58. The molecule has 1 heterocycles. The molecule has 1 unspecified atom stereocenters. The van der Waals surface area contributed by atoms with E-state index in [1.54, 1.807) is 11.8 Å². The van der Waals surface area contributed by atoms with Gasteiger partial charge >= 0.3 is 0 Å². The Kier molecular flexibility index (Phi) is 8.26. The van der Waals surface area contributed by atoms with E-state index in [4.69, 9.17) is 10.00 Å². The first kappa shape index (κ1) is 19.8. The Hall–Kier alpha value is -1.55. The van der Waals surface area contributed by atoms with Crippen molar-refractivity contribution in [2.75, 3.05) is 46.1 Å². The minimum absolute atomic E-state index is 0.177. The second kappa shape index (κ2) is 10.4. The van der Waals surface area contributed by atoms with Gasteiger partial charge in [-0.25, -0.2) is 0 Å². The van der Waals surface area contributed by atoms with Crippen LogP contribution >= 0.6 is 11.8 Å². The van der Waals surface area contributed by atoms with Crippen molar-refractivity contribution >= 4 is 17.7 Å². The maximum Gasteiger partial charge on any atom is 0.232 e. The molecule has 1 aromatic carbocycles. The van der Waals surface area contributed by atoms with E-state index in [1.807, 2.05) is 43.3 Å². The van der Waals surface area contributed by atoms with Crippen LogP contribution in [0, 0.1) is 11.3 Å². The van der Waals surface area contributed by atoms with E-state index < -0.39 is 0 Å². The van der Waals surface area contributed by atoms with E-state index in [2.05, 4.69) is 11.0 Å². The highest BCUT2D eigenvalue weighted by Crippen LogP contribution is 2.16. The summed E-state index contributed by atoms with van der Waals surface area (Å²) in [4.78, 5) is 16.7. The Balaban J connectivity index is 1.81. The molecule has 1 fully saturated rings. The fourth-order valence-electron chi connectivity index (χ4n) is 2.70. The molecule has 1 amide bonds. The molecule has 25 heavy (non-hydrogen) atoms. The van der Waals surface area contributed by atoms with E-state index in [0.717, 1.165) is 43.9 Å². The Morgan fingerprint density at radius 3 is 2.68 bits per heavy atom. The van der Waals surface area contributed by atoms with E-state index in [-0.39, 0.29) is 12.0 Å². The monoisotopic (exact) mass is 361 g/mol. The molecule has 0 N–H and O–H groups in total. The summed E-state index contributed by atoms with van der Waals surface area (Å²) in [5.74, 6) is 1.43. The summed E-state index contributed by atoms with van der Waals surface area (Å²) >= 11 is 1.62. The SMILES string of the molecule is CN(C)CCN(CC1CCCO1)C(=O)CSCc1ccc(C#N)cc1. The van der Waals surface area contributed by atoms with Gasteiger partial charge < -0.3 is 14.5 Å². The quantitative estimate of drug-likeness (QED) is 0.676. The van der Waals surface area contributed by atoms with Crippen LogP contribution < -0.4 is 0 Å². The summed E-state index contributed by atoms with van der Waals surface area (Å²) < 4.78 is 5.70. The Morgan fingerprint density at radius 1 is 1.32 bits per heavy atom. The molecule has 2 rings (SSSR count). The molecule has 1 aromatic rings. The minimum atomic E-state index is 0.177. The maximum absolute atomic E-state index is 12.6. The van der Waals surface area contributed by atoms with Crippen molar-refractivity contribution in [3.05, 3.63) is 35.4 Å². The molecule has 5 nitrogen and oxygen atoms in total. The summed E-state index contributed by atoms with van der Waals surface area (Å²) in [7, 11) is 4.04. The normalized spacial score (nSPS) is 16.8. The maximum atomic E-state index is 12.6. The first-order chi connectivity index (χ1) is 12.1. The number of likely N-dealkylation sites (N-methyl/N-ethyl adjacent to an activating group) is 1. The Bertz CT molecular complexity index is 577. The number of carbonyl (C=O) groups excluding carboxylic acids is 1. The number of nitriles is 1. The number of nitrogens with zero attached hydrogens (tertiary/aromatic N) is 3. The van der Waals surface area contributed by atoms with Crippen molar-refractivity contribution in [1.29, 1.82) is 5.26 Å². The first-order valence-corrected chi connectivity index (χ1v) is 9.85. The lowest BCUT2D eigenvalue weighted by atomic mass is 10.2. The van der Waals surface area contributed by atoms with Gasteiger partial charge in [-0.3, -0.25) is 4.79 Å². The van der Waals surface area contributed by atoms with Gasteiger partial charge in [0, 0.05) is 32.0 Å². The predicted octanol–water partition coefficient (Wildman–Crippen LogP) is 2.36. The van der Waals surface area contributed by atoms with Crippen molar-refractivity contribution in [3.8, 4) is 6.07 Å². The molecular weight excluding hydrogens is 334 g/mol. The number of amides is 1. The molecule has 0 spiro atoms. The zero-order valence-electron chi connectivity index (χ0n) is 15.1. The van der Waals surface area contributed by atoms with Gasteiger partial charge in [0.1, 0.15) is 0 Å². The van der Waals surface area contributed by atoms with Crippen LogP contribution in [0.4, 0.5) is 0 Å². The topological polar surface area (TPSA) is 56.6 Å². The second-order valence-corrected chi connectivity index (χ2v) is 7.57. The first-order valence-electron chi connectivity index (χ1n) is 8.69. The third-order valence-corrected chi connectivity index (χ3v) is 5.18. The zero-order chi connectivity index (χ0) is 18.1. The standard InChI is InChI=1S/C19H27N3O2S/c1-21(2)9-10-22(13-18-4-3-11-24-18)19(23)15-25-14-17-7-5-16(12-20)6-8-17/h5-8,18H,3-4,9-11,13-15H2,1-2H3. The number of ether oxygens (including phenoxy) is 1. The highest BCUT2D eigenvalue weighted by Gasteiger charge is 2.22. The summed E-state index contributed by atoms with van der Waals surface area (Å²) in [5.41, 5.74) is 1.80. The molecule has 0 aliphatic carbocycles. The van der Waals surface area contributed by atoms with Crippen molar-refractivity contribution in [2.24, 2.45) is 0 Å². The van der Waals surface area contributed by atoms with Gasteiger partial charge in [-0.1, -0.05) is 12.1 Å². The lowest BCUT2D eigenvalue weighted by molar-refractivity contribution is -0.130. The third-order valence-electron chi connectivity index (χ3n) is 4.20. The van der Waals surface area contributed by atoms with Gasteiger partial charge in [0.05, 0.1) is 23.5 Å². The van der Waals surface area contributed by atoms with Gasteiger partial charge in [0.15, 0.2) is 0 Å². The predicted molar refractivity (Wildman–Crippen MR) is 101 cm³/mol. The number of carbonyl (C=O) groups is 1. The summed E-state index contributed by atoms with van der Waals surface area (Å²) in [5, 5.41) is 8.83. The summed E-state index contributed by atoms with van der Waals surface area (Å²) in [6.07, 6.45) is 2.33. The van der Waals surface area contributed by atoms with Gasteiger partial charge in [0.2, 0.25) is 5.91 Å². The average Bonchev–Trinajstić information content (AvgIpc) is 3.12. The smallest absolute Gasteiger partial charge is 0.232 e. The second-order valence-electron chi connectivity index (χ2n) is 6.58. The zero-order valence-corrected chi connectivity index (χ0v) is 15.9. The number of rotatable bonds is 9. The highest BCUT2D eigenvalue weighted by atomic mass is 32.2. The molecule has 0 saturated carbocycles. The van der Waals surface area contributed by atoms with Crippen LogP contribution in [0.1, 0.15) is 24.0 Å². The van der Waals surface area contributed by atoms with E-state index in [9.17, 15) is 4.79 Å². The van der Waals surface area contributed by atoms with Crippen molar-refractivity contribution < 1.29 is 9.53 Å². The van der Waals surface area contributed by atoms with Gasteiger partial charge in [0.25, 0.3) is 0 Å². The molecule has 1 aliphatic rings. The molecule has 1 saturated heterocycles. The van der Waals surface area contributed by atoms with E-state index in [0.29, 0.717) is 17.9 Å². The Labute approximate surface area is 154 Å². The number of hydrogen-bond acceptors (Lipinski definition) is 5. The van der Waals surface area contributed by atoms with Gasteiger partial charge in [-0.05, 0) is 44.6 Å². The van der Waals surface area contributed by atoms with E-state index in [1.165, 1.54) is 0 Å². The molecule has 136 valence electrons. The highest BCUT2D eigenvalue weighted by molar-refractivity contribution is 7.99. The summed E-state index contributed by atoms with van der Waals surface area (Å²) in [6, 6.07) is 9.65. The molecule has 0 aromatic heterocycles. The van der Waals surface area contributed by atoms with Crippen LogP contribution in [0.15, 0.2) is 24.3 Å². The van der Waals surface area contributed by atoms with Gasteiger partial charge in [-0.15, -0.1) is 11.8 Å². The van der Waals surface area contributed by atoms with Crippen LogP contribution in [0.5, 0.6) is 0 Å². The molecule has 1 atom stereocenters. The van der Waals surface area contributed by atoms with Gasteiger partial charge in [-0.2, -0.15) is 5.26 Å². The summed E-state index contributed by atoms with van der Waals surface area (Å²) in [6.45, 7) is 3.11. The van der Waals surface area contributed by atoms with E-state index >= 15 is 0 Å². The largest absolute Gasteiger partial charge is 0.376 e. The minimum Gasteiger partial charge on any atom is -0.376 e. The third kappa shape index (κ3) is 7.07. The Morgan fingerprint density at radius 2 is 2.08 bits per heavy atom. The van der Waals surface area contributed by atoms with Crippen LogP contribution in [0.2, 0.25) is 0 Å². The van der Waals surface area contributed by atoms with Crippen LogP contribution in [-0.2, 0) is 15.3 Å². The van der Waals surface area contributed by atoms with Crippen LogP contribution in [-0.4, -0.2) is 67.9 Å². The lowest BCUT2D eigenvalue weighted by Gasteiger charge is -2.26. The van der Waals surface area contributed by atoms with Crippen molar-refractivity contribution in [2.45, 2.75) is 24.7 Å². The molecular formula is C19H27N3O2S. The fraction of sp³-hybridized carbons (Fsp3) is 0.579. The van der Waals surface area contributed by atoms with Crippen LogP contribution in [0.25, 0.3) is 0 Å². The van der Waals surface area contributed by atoms with Crippen LogP contribution in [0.3, 0.4) is 0 Å². The number of thioether (sulfide) groups is 1.